The van der Waals surface area contributed by atoms with Gasteiger partial charge < -0.3 is 24.8 Å². The Bertz CT molecular complexity index is 637. The van der Waals surface area contributed by atoms with Gasteiger partial charge in [-0.15, -0.1) is 0 Å². The standard InChI is InChI=1S/C15H19BrN2O5/c1-15(13(19)20)4-5-18(8-15)14(21)17-10-7-12(23-3)11(22-2)6-9(10)16/h6-7H,4-5,8H2,1-3H3,(H,17,21)(H,19,20). The van der Waals surface area contributed by atoms with E-state index in [1.54, 1.807) is 19.1 Å². The topological polar surface area (TPSA) is 88.1 Å². The highest BCUT2D eigenvalue weighted by atomic mass is 79.9. The lowest BCUT2D eigenvalue weighted by Gasteiger charge is -2.21. The maximum absolute atomic E-state index is 12.4. The number of carboxylic acids is 1. The number of rotatable bonds is 4. The van der Waals surface area contributed by atoms with Crippen molar-refractivity contribution in [1.29, 1.82) is 0 Å². The van der Waals surface area contributed by atoms with Crippen molar-refractivity contribution in [2.75, 3.05) is 32.6 Å². The number of benzene rings is 1. The molecule has 1 aromatic carbocycles. The average molecular weight is 387 g/mol. The molecule has 126 valence electrons. The Kier molecular flexibility index (Phi) is 5.03. The largest absolute Gasteiger partial charge is 0.493 e. The Morgan fingerprint density at radius 3 is 2.43 bits per heavy atom. The number of carboxylic acid groups (broad SMARTS) is 1. The van der Waals surface area contributed by atoms with Gasteiger partial charge >= 0.3 is 12.0 Å². The number of likely N-dealkylation sites (tertiary alicyclic amines) is 1. The second kappa shape index (κ2) is 6.66. The number of hydrogen-bond acceptors (Lipinski definition) is 4. The number of hydrogen-bond donors (Lipinski definition) is 2. The van der Waals surface area contributed by atoms with Crippen molar-refractivity contribution >= 4 is 33.6 Å². The number of amides is 2. The van der Waals surface area contributed by atoms with Gasteiger partial charge in [0.1, 0.15) is 0 Å². The van der Waals surface area contributed by atoms with Crippen molar-refractivity contribution in [2.45, 2.75) is 13.3 Å². The maximum Gasteiger partial charge on any atom is 0.321 e. The molecule has 1 unspecified atom stereocenters. The van der Waals surface area contributed by atoms with Crippen molar-refractivity contribution < 1.29 is 24.2 Å². The molecule has 2 rings (SSSR count). The lowest BCUT2D eigenvalue weighted by Crippen LogP contribution is -2.37. The smallest absolute Gasteiger partial charge is 0.321 e. The maximum atomic E-state index is 12.4. The molecule has 0 aromatic heterocycles. The van der Waals surface area contributed by atoms with E-state index in [4.69, 9.17) is 9.47 Å². The number of anilines is 1. The monoisotopic (exact) mass is 386 g/mol. The molecule has 1 fully saturated rings. The molecule has 1 aliphatic rings. The third-order valence-electron chi connectivity index (χ3n) is 3.99. The molecule has 0 aliphatic carbocycles. The Morgan fingerprint density at radius 2 is 1.91 bits per heavy atom. The average Bonchev–Trinajstić information content (AvgIpc) is 2.93. The first kappa shape index (κ1) is 17.4. The van der Waals surface area contributed by atoms with E-state index < -0.39 is 11.4 Å². The van der Waals surface area contributed by atoms with Crippen LogP contribution in [-0.4, -0.2) is 49.3 Å². The van der Waals surface area contributed by atoms with Crippen LogP contribution in [0.25, 0.3) is 0 Å². The normalized spacial score (nSPS) is 20.3. The van der Waals surface area contributed by atoms with Gasteiger partial charge in [0.05, 0.1) is 25.3 Å². The molecule has 0 spiro atoms. The Balaban J connectivity index is 2.14. The van der Waals surface area contributed by atoms with Crippen LogP contribution in [0, 0.1) is 5.41 Å². The highest BCUT2D eigenvalue weighted by Gasteiger charge is 2.42. The van der Waals surface area contributed by atoms with Crippen molar-refractivity contribution in [3.05, 3.63) is 16.6 Å². The first-order chi connectivity index (χ1) is 10.8. The van der Waals surface area contributed by atoms with Crippen LogP contribution in [0.3, 0.4) is 0 Å². The molecule has 2 N–H and O–H groups in total. The van der Waals surface area contributed by atoms with E-state index in [1.165, 1.54) is 19.1 Å². The molecule has 1 aliphatic heterocycles. The van der Waals surface area contributed by atoms with Gasteiger partial charge in [-0.25, -0.2) is 4.79 Å². The summed E-state index contributed by atoms with van der Waals surface area (Å²) in [7, 11) is 3.04. The lowest BCUT2D eigenvalue weighted by molar-refractivity contribution is -0.146. The summed E-state index contributed by atoms with van der Waals surface area (Å²) in [5, 5.41) is 12.0. The number of carbonyl (C=O) groups excluding carboxylic acids is 1. The number of nitrogens with zero attached hydrogens (tertiary/aromatic N) is 1. The predicted molar refractivity (Wildman–Crippen MR) is 88.2 cm³/mol. The van der Waals surface area contributed by atoms with E-state index in [-0.39, 0.29) is 12.6 Å². The van der Waals surface area contributed by atoms with Crippen molar-refractivity contribution in [2.24, 2.45) is 5.41 Å². The quantitative estimate of drug-likeness (QED) is 0.830. The zero-order valence-corrected chi connectivity index (χ0v) is 14.8. The van der Waals surface area contributed by atoms with Gasteiger partial charge in [0.15, 0.2) is 11.5 Å². The number of ether oxygens (including phenoxy) is 2. The van der Waals surface area contributed by atoms with Crippen LogP contribution in [-0.2, 0) is 4.79 Å². The summed E-state index contributed by atoms with van der Waals surface area (Å²) in [6.45, 7) is 2.23. The van der Waals surface area contributed by atoms with Gasteiger partial charge in [-0.1, -0.05) is 0 Å². The lowest BCUT2D eigenvalue weighted by atomic mass is 9.90. The molecule has 23 heavy (non-hydrogen) atoms. The molecule has 8 heteroatoms. The Hall–Kier alpha value is -1.96. The Labute approximate surface area is 142 Å². The van der Waals surface area contributed by atoms with Crippen LogP contribution < -0.4 is 14.8 Å². The van der Waals surface area contributed by atoms with E-state index in [1.807, 2.05) is 0 Å². The Morgan fingerprint density at radius 1 is 1.30 bits per heavy atom. The molecule has 0 bridgehead atoms. The van der Waals surface area contributed by atoms with Gasteiger partial charge in [0.25, 0.3) is 0 Å². The van der Waals surface area contributed by atoms with E-state index in [0.29, 0.717) is 34.6 Å². The van der Waals surface area contributed by atoms with Gasteiger partial charge in [-0.3, -0.25) is 4.79 Å². The summed E-state index contributed by atoms with van der Waals surface area (Å²) in [5.41, 5.74) is -0.372. The zero-order valence-electron chi connectivity index (χ0n) is 13.2. The molecule has 7 nitrogen and oxygen atoms in total. The fourth-order valence-electron chi connectivity index (χ4n) is 2.45. The van der Waals surface area contributed by atoms with E-state index in [2.05, 4.69) is 21.2 Å². The van der Waals surface area contributed by atoms with Crippen LogP contribution in [0.15, 0.2) is 16.6 Å². The molecular weight excluding hydrogens is 368 g/mol. The molecule has 1 saturated heterocycles. The highest BCUT2D eigenvalue weighted by Crippen LogP contribution is 2.37. The molecule has 0 radical (unpaired) electrons. The SMILES string of the molecule is COc1cc(Br)c(NC(=O)N2CCC(C)(C(=O)O)C2)cc1OC. The molecule has 1 aromatic rings. The number of methoxy groups -OCH3 is 2. The second-order valence-corrected chi connectivity index (χ2v) is 6.51. The molecule has 0 saturated carbocycles. The molecule has 1 atom stereocenters. The van der Waals surface area contributed by atoms with E-state index in [9.17, 15) is 14.7 Å². The first-order valence-electron chi connectivity index (χ1n) is 7.01. The van der Waals surface area contributed by atoms with Crippen molar-refractivity contribution in [1.82, 2.24) is 4.90 Å². The summed E-state index contributed by atoms with van der Waals surface area (Å²) in [5.74, 6) is 0.139. The van der Waals surface area contributed by atoms with Gasteiger partial charge in [0, 0.05) is 29.7 Å². The predicted octanol–water partition coefficient (Wildman–Crippen LogP) is 2.79. The minimum Gasteiger partial charge on any atom is -0.493 e. The summed E-state index contributed by atoms with van der Waals surface area (Å²) >= 11 is 3.37. The molecular formula is C15H19BrN2O5. The first-order valence-corrected chi connectivity index (χ1v) is 7.81. The van der Waals surface area contributed by atoms with Crippen LogP contribution in [0.1, 0.15) is 13.3 Å². The van der Waals surface area contributed by atoms with E-state index in [0.717, 1.165) is 0 Å². The number of aliphatic carboxylic acids is 1. The number of nitrogens with one attached hydrogen (secondary N) is 1. The van der Waals surface area contributed by atoms with Crippen molar-refractivity contribution in [3.8, 4) is 11.5 Å². The molecule has 2 amide bonds. The van der Waals surface area contributed by atoms with Gasteiger partial charge in [-0.2, -0.15) is 0 Å². The van der Waals surface area contributed by atoms with Gasteiger partial charge in [-0.05, 0) is 29.3 Å². The zero-order chi connectivity index (χ0) is 17.2. The van der Waals surface area contributed by atoms with Crippen LogP contribution in [0.2, 0.25) is 0 Å². The third kappa shape index (κ3) is 3.52. The number of carbonyl (C=O) groups is 2. The minimum atomic E-state index is -0.897. The molecule has 1 heterocycles. The fourth-order valence-corrected chi connectivity index (χ4v) is 2.87. The fraction of sp³-hybridized carbons (Fsp3) is 0.467. The van der Waals surface area contributed by atoms with E-state index >= 15 is 0 Å². The number of urea groups is 1. The minimum absolute atomic E-state index is 0.180. The van der Waals surface area contributed by atoms with Crippen LogP contribution >= 0.6 is 15.9 Å². The van der Waals surface area contributed by atoms with Crippen LogP contribution in [0.4, 0.5) is 10.5 Å². The third-order valence-corrected chi connectivity index (χ3v) is 4.65. The van der Waals surface area contributed by atoms with Crippen LogP contribution in [0.5, 0.6) is 11.5 Å². The van der Waals surface area contributed by atoms with Crippen molar-refractivity contribution in [3.63, 3.8) is 0 Å². The second-order valence-electron chi connectivity index (χ2n) is 5.65. The summed E-state index contributed by atoms with van der Waals surface area (Å²) < 4.78 is 11.0. The summed E-state index contributed by atoms with van der Waals surface area (Å²) in [6.07, 6.45) is 0.433. The summed E-state index contributed by atoms with van der Waals surface area (Å²) in [4.78, 5) is 25.1. The highest BCUT2D eigenvalue weighted by molar-refractivity contribution is 9.10. The van der Waals surface area contributed by atoms with Gasteiger partial charge in [0.2, 0.25) is 0 Å². The number of halogens is 1. The summed E-state index contributed by atoms with van der Waals surface area (Å²) in [6, 6.07) is 3.00.